The number of hydrogen-bond donors (Lipinski definition) is 0. The number of fused-ring (bicyclic) bond motifs is 1. The maximum absolute atomic E-state index is 14.3. The van der Waals surface area contributed by atoms with Crippen LogP contribution in [0.2, 0.25) is 0 Å². The van der Waals surface area contributed by atoms with Gasteiger partial charge in [-0.15, -0.1) is 0 Å². The van der Waals surface area contributed by atoms with E-state index in [0.29, 0.717) is 29.6 Å². The van der Waals surface area contributed by atoms with E-state index in [2.05, 4.69) is 44.0 Å². The van der Waals surface area contributed by atoms with Crippen molar-refractivity contribution in [2.75, 3.05) is 13.1 Å². The van der Waals surface area contributed by atoms with Crippen LogP contribution in [0.4, 0.5) is 13.2 Å². The van der Waals surface area contributed by atoms with Crippen LogP contribution in [0.5, 0.6) is 0 Å². The van der Waals surface area contributed by atoms with Gasteiger partial charge < -0.3 is 0 Å². The molecule has 0 unspecified atom stereocenters. The molecule has 6 nitrogen and oxygen atoms in total. The minimum absolute atomic E-state index is 0.0754. The standard InChI is InChI=1S/C33H41F3N5O/c1-6-39(22(2)3)31(37-5)30(25-11-7-12-25)26-13-8-14-27(17-26)40-21-29-28(33(34,35)36)16-24(20-41(29)32(40)42)19-38-15-9-10-23(4)18-38/h6,8,13-14,16-17,20-23,25,30H,1,5,7,9-12,15,18-19H2,2-4H3/q+1/t23-,30-/m0/s1. The summed E-state index contributed by atoms with van der Waals surface area (Å²) < 4.78 is 47.5. The smallest absolute Gasteiger partial charge is 0.299 e. The molecule has 0 spiro atoms. The molecule has 1 aliphatic carbocycles. The third-order valence-electron chi connectivity index (χ3n) is 8.86. The Balaban J connectivity index is 1.61. The summed E-state index contributed by atoms with van der Waals surface area (Å²) in [6, 6.07) is 8.84. The molecule has 1 aromatic carbocycles. The average Bonchev–Trinajstić information content (AvgIpc) is 3.24. The summed E-state index contributed by atoms with van der Waals surface area (Å²) in [5.74, 6) is 1.57. The van der Waals surface area contributed by atoms with Crippen LogP contribution < -0.4 is 5.69 Å². The molecule has 1 saturated carbocycles. The van der Waals surface area contributed by atoms with E-state index in [0.717, 1.165) is 61.0 Å². The summed E-state index contributed by atoms with van der Waals surface area (Å²) in [4.78, 5) is 20.3. The number of alkyl halides is 3. The first-order valence-electron chi connectivity index (χ1n) is 14.9. The van der Waals surface area contributed by atoms with Crippen molar-refractivity contribution < 1.29 is 17.7 Å². The van der Waals surface area contributed by atoms with Crippen LogP contribution in [-0.2, 0) is 12.7 Å². The van der Waals surface area contributed by atoms with Crippen molar-refractivity contribution in [2.24, 2.45) is 16.8 Å². The Morgan fingerprint density at radius 3 is 2.52 bits per heavy atom. The SMILES string of the molecule is C=C[N+](=C(N=C)[C@H](c1cccc(-n2cc3c(C(F)(F)F)cc(CN4CCC[C@H](C)C4)cn3c2=O)c1)C1CCC1)C(C)C. The van der Waals surface area contributed by atoms with E-state index in [4.69, 9.17) is 0 Å². The highest BCUT2D eigenvalue weighted by Crippen LogP contribution is 2.41. The fourth-order valence-corrected chi connectivity index (χ4v) is 6.62. The third-order valence-corrected chi connectivity index (χ3v) is 8.86. The highest BCUT2D eigenvalue weighted by molar-refractivity contribution is 5.89. The number of rotatable bonds is 8. The Morgan fingerprint density at radius 1 is 1.17 bits per heavy atom. The van der Waals surface area contributed by atoms with E-state index in [-0.39, 0.29) is 17.5 Å². The monoisotopic (exact) mass is 580 g/mol. The molecule has 5 rings (SSSR count). The van der Waals surface area contributed by atoms with E-state index >= 15 is 0 Å². The molecule has 0 N–H and O–H groups in total. The average molecular weight is 581 g/mol. The molecule has 0 amide bonds. The zero-order valence-corrected chi connectivity index (χ0v) is 24.8. The van der Waals surface area contributed by atoms with Gasteiger partial charge in [-0.05, 0) is 87.2 Å². The Bertz CT molecular complexity index is 1560. The quantitative estimate of drug-likeness (QED) is 0.166. The predicted molar refractivity (Wildman–Crippen MR) is 162 cm³/mol. The Labute approximate surface area is 245 Å². The number of nitrogens with zero attached hydrogens (tertiary/aromatic N) is 5. The molecule has 1 aliphatic heterocycles. The van der Waals surface area contributed by atoms with Crippen LogP contribution in [0, 0.1) is 11.8 Å². The minimum Gasteiger partial charge on any atom is -0.299 e. The lowest BCUT2D eigenvalue weighted by Crippen LogP contribution is -2.34. The van der Waals surface area contributed by atoms with Crippen LogP contribution in [0.15, 0.2) is 65.3 Å². The first kappa shape index (κ1) is 30.0. The summed E-state index contributed by atoms with van der Waals surface area (Å²) in [6.07, 6.45) is 5.40. The first-order valence-corrected chi connectivity index (χ1v) is 14.9. The summed E-state index contributed by atoms with van der Waals surface area (Å²) >= 11 is 0. The van der Waals surface area contributed by atoms with Gasteiger partial charge in [0.1, 0.15) is 6.72 Å². The number of hydrogen-bond acceptors (Lipinski definition) is 2. The van der Waals surface area contributed by atoms with Gasteiger partial charge in [0.2, 0.25) is 0 Å². The van der Waals surface area contributed by atoms with E-state index in [9.17, 15) is 18.0 Å². The lowest BCUT2D eigenvalue weighted by Gasteiger charge is -2.32. The number of benzene rings is 1. The van der Waals surface area contributed by atoms with Crippen molar-refractivity contribution >= 4 is 18.1 Å². The number of aromatic nitrogens is 2. The van der Waals surface area contributed by atoms with Gasteiger partial charge in [-0.2, -0.15) is 13.2 Å². The lowest BCUT2D eigenvalue weighted by atomic mass is 9.72. The molecular formula is C33H41F3N5O+. The van der Waals surface area contributed by atoms with Crippen molar-refractivity contribution in [1.82, 2.24) is 13.9 Å². The zero-order chi connectivity index (χ0) is 30.2. The van der Waals surface area contributed by atoms with Gasteiger partial charge in [0.15, 0.2) is 0 Å². The third kappa shape index (κ3) is 5.89. The Hall–Kier alpha value is -3.46. The van der Waals surface area contributed by atoms with Gasteiger partial charge in [-0.1, -0.05) is 37.0 Å². The van der Waals surface area contributed by atoms with E-state index in [1.54, 1.807) is 18.5 Å². The number of halogens is 3. The van der Waals surface area contributed by atoms with Crippen molar-refractivity contribution in [3.8, 4) is 5.69 Å². The maximum atomic E-state index is 14.3. The van der Waals surface area contributed by atoms with Gasteiger partial charge in [-0.25, -0.2) is 9.37 Å². The molecule has 2 aromatic heterocycles. The Morgan fingerprint density at radius 2 is 1.93 bits per heavy atom. The summed E-state index contributed by atoms with van der Waals surface area (Å²) in [7, 11) is 0. The molecule has 2 aliphatic rings. The molecule has 2 atom stereocenters. The Kier molecular flexibility index (Phi) is 8.60. The number of aliphatic imine (C=N–C) groups is 1. The summed E-state index contributed by atoms with van der Waals surface area (Å²) in [6.45, 7) is 16.2. The molecule has 9 heteroatoms. The van der Waals surface area contributed by atoms with Crippen molar-refractivity contribution in [1.29, 1.82) is 0 Å². The number of piperidine rings is 1. The minimum atomic E-state index is -4.60. The second-order valence-electron chi connectivity index (χ2n) is 12.2. The van der Waals surface area contributed by atoms with Gasteiger partial charge >= 0.3 is 17.7 Å². The van der Waals surface area contributed by atoms with Gasteiger partial charge in [0.25, 0.3) is 0 Å². The van der Waals surface area contributed by atoms with Crippen LogP contribution in [-0.4, -0.2) is 50.1 Å². The first-order chi connectivity index (χ1) is 20.0. The summed E-state index contributed by atoms with van der Waals surface area (Å²) in [5.41, 5.74) is 0.476. The highest BCUT2D eigenvalue weighted by atomic mass is 19.4. The molecular weight excluding hydrogens is 539 g/mol. The number of pyridine rings is 1. The van der Waals surface area contributed by atoms with Crippen molar-refractivity contribution in [3.63, 3.8) is 0 Å². The van der Waals surface area contributed by atoms with E-state index in [1.807, 2.05) is 22.8 Å². The molecule has 224 valence electrons. The highest BCUT2D eigenvalue weighted by Gasteiger charge is 2.38. The second kappa shape index (κ2) is 12.0. The normalized spacial score (nSPS) is 19.9. The largest absolute Gasteiger partial charge is 0.418 e. The maximum Gasteiger partial charge on any atom is 0.418 e. The van der Waals surface area contributed by atoms with Crippen LogP contribution in [0.25, 0.3) is 11.2 Å². The van der Waals surface area contributed by atoms with E-state index < -0.39 is 17.4 Å². The molecule has 3 aromatic rings. The summed E-state index contributed by atoms with van der Waals surface area (Å²) in [5, 5.41) is 0. The molecule has 0 radical (unpaired) electrons. The van der Waals surface area contributed by atoms with Gasteiger partial charge in [0, 0.05) is 25.5 Å². The molecule has 42 heavy (non-hydrogen) atoms. The molecule has 2 fully saturated rings. The van der Waals surface area contributed by atoms with Crippen molar-refractivity contribution in [3.05, 3.63) is 82.7 Å². The number of likely N-dealkylation sites (tertiary alicyclic amines) is 1. The van der Waals surface area contributed by atoms with Gasteiger partial charge in [-0.3, -0.25) is 13.9 Å². The molecule has 0 bridgehead atoms. The van der Waals surface area contributed by atoms with Crippen LogP contribution in [0.1, 0.15) is 75.5 Å². The van der Waals surface area contributed by atoms with Gasteiger partial charge in [0.05, 0.1) is 34.9 Å². The van der Waals surface area contributed by atoms with Crippen molar-refractivity contribution in [2.45, 2.75) is 77.6 Å². The molecule has 3 heterocycles. The number of imidazole rings is 1. The number of amidine groups is 1. The van der Waals surface area contributed by atoms with Crippen LogP contribution >= 0.6 is 0 Å². The van der Waals surface area contributed by atoms with E-state index in [1.165, 1.54) is 16.8 Å². The fraction of sp³-hybridized carbons (Fsp3) is 0.485. The van der Waals surface area contributed by atoms with Crippen LogP contribution in [0.3, 0.4) is 0 Å². The molecule has 1 saturated heterocycles. The second-order valence-corrected chi connectivity index (χ2v) is 12.2. The fourth-order valence-electron chi connectivity index (χ4n) is 6.62. The lowest BCUT2D eigenvalue weighted by molar-refractivity contribution is -0.493. The predicted octanol–water partition coefficient (Wildman–Crippen LogP) is 6.89. The zero-order valence-electron chi connectivity index (χ0n) is 24.8. The topological polar surface area (TPSA) is 45.0 Å².